The highest BCUT2D eigenvalue weighted by atomic mass is 14.9. The summed E-state index contributed by atoms with van der Waals surface area (Å²) in [5, 5.41) is 3.54. The zero-order valence-corrected chi connectivity index (χ0v) is 11.6. The van der Waals surface area contributed by atoms with Crippen LogP contribution in [-0.2, 0) is 0 Å². The lowest BCUT2D eigenvalue weighted by molar-refractivity contribution is 0.315. The van der Waals surface area contributed by atoms with Gasteiger partial charge in [-0.25, -0.2) is 0 Å². The second-order valence-electron chi connectivity index (χ2n) is 5.68. The molecule has 0 aliphatic heterocycles. The van der Waals surface area contributed by atoms with Gasteiger partial charge in [-0.1, -0.05) is 38.0 Å². The van der Waals surface area contributed by atoms with Crippen LogP contribution in [0.2, 0.25) is 0 Å². The molecule has 1 fully saturated rings. The first-order valence-corrected chi connectivity index (χ1v) is 6.88. The molecule has 0 spiro atoms. The fraction of sp³-hybridized carbons (Fsp3) is 0.625. The Bertz CT molecular complexity index is 383. The van der Waals surface area contributed by atoms with E-state index in [1.165, 1.54) is 36.0 Å². The Hall–Kier alpha value is -0.820. The lowest BCUT2D eigenvalue weighted by Crippen LogP contribution is -2.26. The molecule has 94 valence electrons. The van der Waals surface area contributed by atoms with Gasteiger partial charge >= 0.3 is 0 Å². The summed E-state index contributed by atoms with van der Waals surface area (Å²) >= 11 is 0. The highest BCUT2D eigenvalue weighted by Crippen LogP contribution is 2.40. The van der Waals surface area contributed by atoms with Crippen LogP contribution in [0.1, 0.15) is 48.9 Å². The van der Waals surface area contributed by atoms with Crippen molar-refractivity contribution in [1.82, 2.24) is 5.32 Å². The maximum atomic E-state index is 3.54. The van der Waals surface area contributed by atoms with Crippen molar-refractivity contribution in [3.63, 3.8) is 0 Å². The van der Waals surface area contributed by atoms with Gasteiger partial charge in [0, 0.05) is 6.04 Å². The SMILES string of the molecule is CNC(c1ccc(C)c(C)c1)C1CCCC1C. The Kier molecular flexibility index (Phi) is 3.88. The summed E-state index contributed by atoms with van der Waals surface area (Å²) in [4.78, 5) is 0. The van der Waals surface area contributed by atoms with Crippen molar-refractivity contribution in [2.24, 2.45) is 11.8 Å². The van der Waals surface area contributed by atoms with Gasteiger partial charge < -0.3 is 5.32 Å². The standard InChI is InChI=1S/C16H25N/c1-11-8-9-14(10-13(11)3)16(17-4)15-7-5-6-12(15)2/h8-10,12,15-17H,5-7H2,1-4H3. The van der Waals surface area contributed by atoms with Gasteiger partial charge in [0.05, 0.1) is 0 Å². The van der Waals surface area contributed by atoms with Gasteiger partial charge in [-0.05, 0) is 55.8 Å². The predicted octanol–water partition coefficient (Wildman–Crippen LogP) is 4.00. The third kappa shape index (κ3) is 2.55. The van der Waals surface area contributed by atoms with E-state index >= 15 is 0 Å². The smallest absolute Gasteiger partial charge is 0.0348 e. The minimum absolute atomic E-state index is 0.534. The number of hydrogen-bond donors (Lipinski definition) is 1. The number of benzene rings is 1. The summed E-state index contributed by atoms with van der Waals surface area (Å²) in [6.07, 6.45) is 4.17. The lowest BCUT2D eigenvalue weighted by Gasteiger charge is -2.27. The van der Waals surface area contributed by atoms with Crippen molar-refractivity contribution in [2.45, 2.75) is 46.1 Å². The van der Waals surface area contributed by atoms with Crippen LogP contribution in [0, 0.1) is 25.7 Å². The monoisotopic (exact) mass is 231 g/mol. The molecule has 3 atom stereocenters. The van der Waals surface area contributed by atoms with Crippen LogP contribution in [-0.4, -0.2) is 7.05 Å². The second-order valence-corrected chi connectivity index (χ2v) is 5.68. The number of hydrogen-bond acceptors (Lipinski definition) is 1. The first kappa shape index (κ1) is 12.6. The maximum Gasteiger partial charge on any atom is 0.0348 e. The van der Waals surface area contributed by atoms with E-state index in [9.17, 15) is 0 Å². The van der Waals surface area contributed by atoms with Gasteiger partial charge in [-0.3, -0.25) is 0 Å². The number of aryl methyl sites for hydroxylation is 2. The molecule has 0 amide bonds. The highest BCUT2D eigenvalue weighted by Gasteiger charge is 2.30. The molecule has 0 aromatic heterocycles. The average molecular weight is 231 g/mol. The van der Waals surface area contributed by atoms with Crippen molar-refractivity contribution in [3.05, 3.63) is 34.9 Å². The van der Waals surface area contributed by atoms with E-state index in [0.29, 0.717) is 6.04 Å². The Balaban J connectivity index is 2.25. The molecular weight excluding hydrogens is 206 g/mol. The fourth-order valence-corrected chi connectivity index (χ4v) is 3.26. The first-order chi connectivity index (χ1) is 8.13. The van der Waals surface area contributed by atoms with E-state index in [0.717, 1.165) is 11.8 Å². The summed E-state index contributed by atoms with van der Waals surface area (Å²) in [7, 11) is 2.10. The van der Waals surface area contributed by atoms with Gasteiger partial charge in [-0.2, -0.15) is 0 Å². The third-order valence-corrected chi connectivity index (χ3v) is 4.56. The Morgan fingerprint density at radius 3 is 2.47 bits per heavy atom. The molecule has 1 saturated carbocycles. The van der Waals surface area contributed by atoms with Crippen LogP contribution in [0.3, 0.4) is 0 Å². The van der Waals surface area contributed by atoms with Gasteiger partial charge in [0.15, 0.2) is 0 Å². The molecule has 0 heterocycles. The van der Waals surface area contributed by atoms with Gasteiger partial charge in [0.1, 0.15) is 0 Å². The lowest BCUT2D eigenvalue weighted by atomic mass is 9.85. The molecule has 1 nitrogen and oxygen atoms in total. The van der Waals surface area contributed by atoms with Crippen molar-refractivity contribution in [3.8, 4) is 0 Å². The van der Waals surface area contributed by atoms with Crippen LogP contribution in [0.5, 0.6) is 0 Å². The van der Waals surface area contributed by atoms with Crippen LogP contribution in [0.25, 0.3) is 0 Å². The van der Waals surface area contributed by atoms with Gasteiger partial charge in [-0.15, -0.1) is 0 Å². The first-order valence-electron chi connectivity index (χ1n) is 6.88. The zero-order chi connectivity index (χ0) is 12.4. The van der Waals surface area contributed by atoms with Crippen LogP contribution in [0.15, 0.2) is 18.2 Å². The number of nitrogens with one attached hydrogen (secondary N) is 1. The highest BCUT2D eigenvalue weighted by molar-refractivity contribution is 5.32. The minimum atomic E-state index is 0.534. The molecule has 1 N–H and O–H groups in total. The molecule has 3 unspecified atom stereocenters. The van der Waals surface area contributed by atoms with E-state index in [-0.39, 0.29) is 0 Å². The predicted molar refractivity (Wildman–Crippen MR) is 74.2 cm³/mol. The Morgan fingerprint density at radius 1 is 1.18 bits per heavy atom. The molecule has 1 aromatic carbocycles. The number of rotatable bonds is 3. The van der Waals surface area contributed by atoms with E-state index < -0.39 is 0 Å². The Morgan fingerprint density at radius 2 is 1.94 bits per heavy atom. The van der Waals surface area contributed by atoms with E-state index in [1.54, 1.807) is 0 Å². The van der Waals surface area contributed by atoms with Crippen molar-refractivity contribution >= 4 is 0 Å². The summed E-state index contributed by atoms with van der Waals surface area (Å²) < 4.78 is 0. The fourth-order valence-electron chi connectivity index (χ4n) is 3.26. The van der Waals surface area contributed by atoms with Crippen molar-refractivity contribution in [2.75, 3.05) is 7.05 Å². The topological polar surface area (TPSA) is 12.0 Å². The third-order valence-electron chi connectivity index (χ3n) is 4.56. The summed E-state index contributed by atoms with van der Waals surface area (Å²) in [6.45, 7) is 6.80. The summed E-state index contributed by atoms with van der Waals surface area (Å²) in [6, 6.07) is 7.46. The molecule has 1 heteroatoms. The normalized spacial score (nSPS) is 26.1. The average Bonchev–Trinajstić information content (AvgIpc) is 2.71. The van der Waals surface area contributed by atoms with E-state index in [2.05, 4.69) is 51.3 Å². The van der Waals surface area contributed by atoms with E-state index in [4.69, 9.17) is 0 Å². The summed E-state index contributed by atoms with van der Waals surface area (Å²) in [5.74, 6) is 1.66. The van der Waals surface area contributed by atoms with Crippen molar-refractivity contribution < 1.29 is 0 Å². The molecule has 1 aliphatic carbocycles. The molecule has 1 aliphatic rings. The minimum Gasteiger partial charge on any atom is -0.313 e. The molecule has 17 heavy (non-hydrogen) atoms. The molecular formula is C16H25N. The van der Waals surface area contributed by atoms with Gasteiger partial charge in [0.2, 0.25) is 0 Å². The molecule has 0 saturated heterocycles. The van der Waals surface area contributed by atoms with Gasteiger partial charge in [0.25, 0.3) is 0 Å². The van der Waals surface area contributed by atoms with E-state index in [1.807, 2.05) is 0 Å². The molecule has 0 radical (unpaired) electrons. The molecule has 2 rings (SSSR count). The van der Waals surface area contributed by atoms with Crippen LogP contribution in [0.4, 0.5) is 0 Å². The van der Waals surface area contributed by atoms with Crippen LogP contribution < -0.4 is 5.32 Å². The molecule has 0 bridgehead atoms. The Labute approximate surface area is 106 Å². The zero-order valence-electron chi connectivity index (χ0n) is 11.6. The van der Waals surface area contributed by atoms with Crippen molar-refractivity contribution in [1.29, 1.82) is 0 Å². The maximum absolute atomic E-state index is 3.54. The van der Waals surface area contributed by atoms with Crippen LogP contribution >= 0.6 is 0 Å². The largest absolute Gasteiger partial charge is 0.313 e. The second kappa shape index (κ2) is 5.22. The molecule has 1 aromatic rings. The quantitative estimate of drug-likeness (QED) is 0.829. The summed E-state index contributed by atoms with van der Waals surface area (Å²) in [5.41, 5.74) is 4.27.